The van der Waals surface area contributed by atoms with E-state index in [9.17, 15) is 0 Å². The standard InChI is InChI=1S/C26H23P2.Mo/c1-5-13-23(14-6-1)27(24-15-7-2-8-16-24)21-22-28(25-17-9-3-10-18-25)26-19-11-4-12-20-26;/h1-21H,22H2;/q-1;. The summed E-state index contributed by atoms with van der Waals surface area (Å²) in [7, 11) is -0.876. The van der Waals surface area contributed by atoms with Gasteiger partial charge in [-0.05, 0) is 10.6 Å². The van der Waals surface area contributed by atoms with Crippen LogP contribution in [0.2, 0.25) is 0 Å². The van der Waals surface area contributed by atoms with Crippen LogP contribution < -0.4 is 21.2 Å². The molecule has 4 rings (SSSR count). The monoisotopic (exact) mass is 495 g/mol. The molecule has 144 valence electrons. The molecule has 0 aliphatic rings. The molecule has 4 aromatic carbocycles. The van der Waals surface area contributed by atoms with Gasteiger partial charge in [-0.25, -0.2) is 7.92 Å². The van der Waals surface area contributed by atoms with Gasteiger partial charge < -0.3 is 0 Å². The third-order valence-corrected chi connectivity index (χ3v) is 9.59. The number of hydrogen-bond acceptors (Lipinski definition) is 0. The minimum Gasteiger partial charge on any atom is -0.289 e. The van der Waals surface area contributed by atoms with Crippen molar-refractivity contribution in [2.45, 2.75) is 0 Å². The summed E-state index contributed by atoms with van der Waals surface area (Å²) in [5.41, 5.74) is 0. The summed E-state index contributed by atoms with van der Waals surface area (Å²) in [4.78, 5) is 0. The van der Waals surface area contributed by atoms with Crippen molar-refractivity contribution in [3.05, 3.63) is 127 Å². The molecule has 0 fully saturated rings. The zero-order valence-electron chi connectivity index (χ0n) is 16.1. The fourth-order valence-electron chi connectivity index (χ4n) is 3.28. The molecular formula is C26H23MoP2-. The van der Waals surface area contributed by atoms with Crippen LogP contribution >= 0.6 is 15.8 Å². The molecule has 0 aliphatic carbocycles. The molecule has 0 spiro atoms. The molecule has 0 radical (unpaired) electrons. The van der Waals surface area contributed by atoms with Crippen LogP contribution in [0.15, 0.2) is 121 Å². The third kappa shape index (κ3) is 5.96. The van der Waals surface area contributed by atoms with E-state index in [1.54, 1.807) is 0 Å². The minimum atomic E-state index is -0.473. The Balaban J connectivity index is 0.00000240. The summed E-state index contributed by atoms with van der Waals surface area (Å²) in [6.45, 7) is 0. The molecule has 0 aliphatic heterocycles. The van der Waals surface area contributed by atoms with Gasteiger partial charge in [0.1, 0.15) is 0 Å². The number of benzene rings is 4. The van der Waals surface area contributed by atoms with Gasteiger partial charge in [-0.1, -0.05) is 140 Å². The normalized spacial score (nSPS) is 10.7. The summed E-state index contributed by atoms with van der Waals surface area (Å²) in [5.74, 6) is 0. The first-order valence-electron chi connectivity index (χ1n) is 9.52. The van der Waals surface area contributed by atoms with Crippen LogP contribution in [0.4, 0.5) is 0 Å². The van der Waals surface area contributed by atoms with Gasteiger partial charge in [-0.2, -0.15) is 0 Å². The molecule has 0 amide bonds. The Morgan fingerprint density at radius 2 is 0.759 bits per heavy atom. The Morgan fingerprint density at radius 1 is 0.448 bits per heavy atom. The quantitative estimate of drug-likeness (QED) is 0.184. The van der Waals surface area contributed by atoms with E-state index in [2.05, 4.69) is 127 Å². The zero-order valence-corrected chi connectivity index (χ0v) is 19.9. The van der Waals surface area contributed by atoms with Crippen molar-refractivity contribution in [1.29, 1.82) is 0 Å². The van der Waals surface area contributed by atoms with Crippen molar-refractivity contribution in [2.75, 3.05) is 6.16 Å². The van der Waals surface area contributed by atoms with Crippen molar-refractivity contribution in [2.24, 2.45) is 0 Å². The van der Waals surface area contributed by atoms with Crippen LogP contribution in [0.25, 0.3) is 0 Å². The van der Waals surface area contributed by atoms with Crippen molar-refractivity contribution in [1.82, 2.24) is 0 Å². The largest absolute Gasteiger partial charge is 0.289 e. The average Bonchev–Trinajstić information content (AvgIpc) is 2.79. The minimum absolute atomic E-state index is 0. The summed E-state index contributed by atoms with van der Waals surface area (Å²) in [5, 5.41) is 5.71. The first kappa shape index (κ1) is 22.1. The van der Waals surface area contributed by atoms with Gasteiger partial charge in [0.05, 0.1) is 0 Å². The molecule has 0 saturated carbocycles. The molecule has 0 N–H and O–H groups in total. The Labute approximate surface area is 191 Å². The molecule has 0 unspecified atom stereocenters. The fourth-order valence-corrected chi connectivity index (χ4v) is 8.07. The second kappa shape index (κ2) is 11.6. The predicted molar refractivity (Wildman–Crippen MR) is 127 cm³/mol. The Hall–Kier alpha value is -1.57. The summed E-state index contributed by atoms with van der Waals surface area (Å²) in [6, 6.07) is 43.8. The van der Waals surface area contributed by atoms with Gasteiger partial charge in [0.15, 0.2) is 0 Å². The van der Waals surface area contributed by atoms with Crippen LogP contribution in [0.1, 0.15) is 0 Å². The van der Waals surface area contributed by atoms with E-state index in [1.165, 1.54) is 21.2 Å². The maximum atomic E-state index is 2.58. The van der Waals surface area contributed by atoms with Crippen LogP contribution in [-0.2, 0) is 21.1 Å². The molecule has 4 aromatic rings. The molecule has 3 heteroatoms. The Morgan fingerprint density at radius 3 is 1.10 bits per heavy atom. The number of hydrogen-bond donors (Lipinski definition) is 0. The first-order chi connectivity index (χ1) is 13.9. The predicted octanol–water partition coefficient (Wildman–Crippen LogP) is 5.41. The van der Waals surface area contributed by atoms with E-state index < -0.39 is 15.8 Å². The number of rotatable bonds is 7. The zero-order chi connectivity index (χ0) is 19.0. The smallest absolute Gasteiger partial charge is 0 e. The Bertz CT molecular complexity index is 798. The van der Waals surface area contributed by atoms with Crippen molar-refractivity contribution >= 4 is 37.1 Å². The van der Waals surface area contributed by atoms with E-state index >= 15 is 0 Å². The second-order valence-corrected chi connectivity index (χ2v) is 10.9. The van der Waals surface area contributed by atoms with Gasteiger partial charge in [-0.3, -0.25) is 6.16 Å². The van der Waals surface area contributed by atoms with Crippen LogP contribution in [0.3, 0.4) is 0 Å². The topological polar surface area (TPSA) is 0 Å². The molecule has 0 bridgehead atoms. The van der Waals surface area contributed by atoms with E-state index in [0.717, 1.165) is 6.16 Å². The summed E-state index contributed by atoms with van der Waals surface area (Å²) >= 11 is 0. The van der Waals surface area contributed by atoms with Crippen LogP contribution in [0.5, 0.6) is 0 Å². The van der Waals surface area contributed by atoms with E-state index in [0.29, 0.717) is 0 Å². The second-order valence-electron chi connectivity index (χ2n) is 6.51. The summed E-state index contributed by atoms with van der Waals surface area (Å²) < 4.78 is 0. The molecule has 0 saturated heterocycles. The van der Waals surface area contributed by atoms with E-state index in [4.69, 9.17) is 0 Å². The first-order valence-corrected chi connectivity index (χ1v) is 12.5. The van der Waals surface area contributed by atoms with Crippen LogP contribution in [0, 0.1) is 6.16 Å². The van der Waals surface area contributed by atoms with E-state index in [-0.39, 0.29) is 21.1 Å². The molecule has 0 heterocycles. The fraction of sp³-hybridized carbons (Fsp3) is 0.0385. The van der Waals surface area contributed by atoms with E-state index in [1.807, 2.05) is 0 Å². The van der Waals surface area contributed by atoms with Crippen molar-refractivity contribution in [3.8, 4) is 0 Å². The average molecular weight is 493 g/mol. The third-order valence-electron chi connectivity index (χ3n) is 4.65. The molecule has 0 nitrogen and oxygen atoms in total. The van der Waals surface area contributed by atoms with Crippen molar-refractivity contribution < 1.29 is 21.1 Å². The molecule has 29 heavy (non-hydrogen) atoms. The van der Waals surface area contributed by atoms with Gasteiger partial charge in [0.25, 0.3) is 0 Å². The summed E-state index contributed by atoms with van der Waals surface area (Å²) in [6.07, 6.45) is 3.66. The molecule has 0 atom stereocenters. The maximum Gasteiger partial charge on any atom is 0 e. The SMILES string of the molecule is [Mo].c1ccc(P([CH-]CP(c2ccccc2)c2ccccc2)c2ccccc2)cc1. The molecular weight excluding hydrogens is 470 g/mol. The van der Waals surface area contributed by atoms with Crippen molar-refractivity contribution in [3.63, 3.8) is 0 Å². The maximum absolute atomic E-state index is 2.58. The van der Waals surface area contributed by atoms with Gasteiger partial charge in [0, 0.05) is 21.1 Å². The van der Waals surface area contributed by atoms with Gasteiger partial charge in [0.2, 0.25) is 0 Å². The Kier molecular flexibility index (Phi) is 8.83. The van der Waals surface area contributed by atoms with Gasteiger partial charge >= 0.3 is 0 Å². The molecule has 0 aromatic heterocycles. The van der Waals surface area contributed by atoms with Gasteiger partial charge in [-0.15, -0.1) is 6.16 Å². The van der Waals surface area contributed by atoms with Crippen LogP contribution in [-0.4, -0.2) is 6.16 Å².